The molecule has 6 nitrogen and oxygen atoms in total. The topological polar surface area (TPSA) is 49.8 Å². The molecule has 0 N–H and O–H groups in total. The molecule has 1 saturated heterocycles. The number of hydrogen-bond donors (Lipinski definition) is 0. The maximum atomic E-state index is 6.00. The van der Waals surface area contributed by atoms with Crippen molar-refractivity contribution in [1.82, 2.24) is 19.7 Å². The highest BCUT2D eigenvalue weighted by Gasteiger charge is 2.17. The summed E-state index contributed by atoms with van der Waals surface area (Å²) < 4.78 is 7.74. The first-order chi connectivity index (χ1) is 16.1. The normalized spacial score (nSPS) is 14.9. The van der Waals surface area contributed by atoms with Gasteiger partial charge in [-0.3, -0.25) is 9.91 Å². The molecule has 0 saturated carbocycles. The maximum absolute atomic E-state index is 6.00. The number of piperazine rings is 1. The average Bonchev–Trinajstić information content (AvgIpc) is 3.47. The molecule has 0 atom stereocenters. The van der Waals surface area contributed by atoms with Gasteiger partial charge in [-0.1, -0.05) is 41.9 Å². The van der Waals surface area contributed by atoms with Gasteiger partial charge >= 0.3 is 0 Å². The number of benzene rings is 2. The maximum Gasteiger partial charge on any atom is 0.155 e. The first-order valence-corrected chi connectivity index (χ1v) is 11.5. The van der Waals surface area contributed by atoms with Crippen molar-refractivity contribution in [2.75, 3.05) is 26.2 Å². The molecule has 5 rings (SSSR count). The Morgan fingerprint density at radius 3 is 2.42 bits per heavy atom. The molecular formula is C26H26ClN5O. The summed E-state index contributed by atoms with van der Waals surface area (Å²) in [4.78, 5) is 2.44. The molecule has 0 amide bonds. The van der Waals surface area contributed by atoms with Crippen LogP contribution in [0.1, 0.15) is 16.9 Å². The van der Waals surface area contributed by atoms with E-state index in [9.17, 15) is 0 Å². The molecule has 0 bridgehead atoms. The predicted molar refractivity (Wildman–Crippen MR) is 132 cm³/mol. The zero-order chi connectivity index (χ0) is 22.6. The van der Waals surface area contributed by atoms with Gasteiger partial charge in [0.2, 0.25) is 0 Å². The van der Waals surface area contributed by atoms with Crippen molar-refractivity contribution in [3.63, 3.8) is 0 Å². The zero-order valence-electron chi connectivity index (χ0n) is 18.6. The number of para-hydroxylation sites is 1. The summed E-state index contributed by atoms with van der Waals surface area (Å²) >= 11 is 6.00. The number of hydrogen-bond acceptors (Lipinski definition) is 5. The van der Waals surface area contributed by atoms with Gasteiger partial charge in [0.05, 0.1) is 11.9 Å². The van der Waals surface area contributed by atoms with Gasteiger partial charge in [0.15, 0.2) is 5.76 Å². The van der Waals surface area contributed by atoms with E-state index in [1.54, 1.807) is 0 Å². The Bertz CT molecular complexity index is 1220. The van der Waals surface area contributed by atoms with Crippen LogP contribution in [0.25, 0.3) is 17.1 Å². The summed E-state index contributed by atoms with van der Waals surface area (Å²) in [6, 6.07) is 22.1. The van der Waals surface area contributed by atoms with Crippen LogP contribution in [0.5, 0.6) is 0 Å². The van der Waals surface area contributed by atoms with Gasteiger partial charge in [0.1, 0.15) is 11.5 Å². The van der Waals surface area contributed by atoms with E-state index in [4.69, 9.17) is 26.2 Å². The Kier molecular flexibility index (Phi) is 6.28. The molecule has 3 heterocycles. The monoisotopic (exact) mass is 459 g/mol. The number of rotatable bonds is 6. The van der Waals surface area contributed by atoms with Crippen LogP contribution < -0.4 is 0 Å². The lowest BCUT2D eigenvalue weighted by Crippen LogP contribution is -2.43. The van der Waals surface area contributed by atoms with Crippen molar-refractivity contribution in [2.45, 2.75) is 13.5 Å². The van der Waals surface area contributed by atoms with E-state index in [0.717, 1.165) is 66.2 Å². The first kappa shape index (κ1) is 21.5. The number of aromatic nitrogens is 2. The van der Waals surface area contributed by atoms with Gasteiger partial charge in [-0.05, 0) is 48.9 Å². The Labute approximate surface area is 198 Å². The molecule has 4 aromatic rings. The number of furan rings is 1. The zero-order valence-corrected chi connectivity index (χ0v) is 19.3. The van der Waals surface area contributed by atoms with Crippen LogP contribution in [0.4, 0.5) is 0 Å². The van der Waals surface area contributed by atoms with E-state index < -0.39 is 0 Å². The fourth-order valence-electron chi connectivity index (χ4n) is 3.95. The third-order valence-electron chi connectivity index (χ3n) is 5.77. The average molecular weight is 460 g/mol. The van der Waals surface area contributed by atoms with Crippen LogP contribution in [0.2, 0.25) is 5.02 Å². The van der Waals surface area contributed by atoms with Crippen LogP contribution in [0, 0.1) is 6.92 Å². The molecule has 168 valence electrons. The van der Waals surface area contributed by atoms with E-state index in [2.05, 4.69) is 22.0 Å². The Balaban J connectivity index is 1.29. The number of halogens is 1. The summed E-state index contributed by atoms with van der Waals surface area (Å²) in [5, 5.41) is 12.5. The minimum absolute atomic E-state index is 0.747. The number of aryl methyl sites for hydroxylation is 1. The van der Waals surface area contributed by atoms with E-state index in [0.29, 0.717) is 0 Å². The minimum atomic E-state index is 0.747. The van der Waals surface area contributed by atoms with Crippen molar-refractivity contribution in [2.24, 2.45) is 5.10 Å². The number of hydrazone groups is 1. The van der Waals surface area contributed by atoms with Gasteiger partial charge in [-0.15, -0.1) is 0 Å². The van der Waals surface area contributed by atoms with Gasteiger partial charge in [0, 0.05) is 49.5 Å². The summed E-state index contributed by atoms with van der Waals surface area (Å²) in [5.41, 5.74) is 3.99. The minimum Gasteiger partial charge on any atom is -0.460 e. The third-order valence-corrected chi connectivity index (χ3v) is 6.02. The highest BCUT2D eigenvalue weighted by atomic mass is 35.5. The second kappa shape index (κ2) is 9.65. The molecule has 0 radical (unpaired) electrons. The lowest BCUT2D eigenvalue weighted by atomic mass is 10.2. The Morgan fingerprint density at radius 2 is 1.73 bits per heavy atom. The molecule has 0 unspecified atom stereocenters. The highest BCUT2D eigenvalue weighted by Crippen LogP contribution is 2.25. The van der Waals surface area contributed by atoms with Crippen molar-refractivity contribution < 1.29 is 4.42 Å². The molecule has 1 fully saturated rings. The van der Waals surface area contributed by atoms with Gasteiger partial charge in [0.25, 0.3) is 0 Å². The second-order valence-electron chi connectivity index (χ2n) is 8.22. The lowest BCUT2D eigenvalue weighted by Gasteiger charge is -2.33. The molecular weight excluding hydrogens is 434 g/mol. The van der Waals surface area contributed by atoms with Gasteiger partial charge < -0.3 is 4.42 Å². The summed E-state index contributed by atoms with van der Waals surface area (Å²) in [6.07, 6.45) is 3.90. The van der Waals surface area contributed by atoms with E-state index in [-0.39, 0.29) is 0 Å². The SMILES string of the molecule is Cc1ccc(-c2nn(-c3ccccc3)cc2/C=N/N2CCN(Cc3ccc(Cl)cc3)CC2)o1. The fraction of sp³-hybridized carbons (Fsp3) is 0.231. The van der Waals surface area contributed by atoms with Gasteiger partial charge in [-0.2, -0.15) is 10.2 Å². The fourth-order valence-corrected chi connectivity index (χ4v) is 4.08. The molecule has 0 aliphatic carbocycles. The standard InChI is InChI=1S/C26H26ClN5O/c1-20-7-12-25(33-20)26-22(19-32(29-26)24-5-3-2-4-6-24)17-28-31-15-13-30(14-16-31)18-21-8-10-23(27)11-9-21/h2-12,17,19H,13-16,18H2,1H3/b28-17+. The Hall–Kier alpha value is -3.35. The van der Waals surface area contributed by atoms with Crippen molar-refractivity contribution >= 4 is 17.8 Å². The molecule has 0 spiro atoms. The van der Waals surface area contributed by atoms with Crippen molar-refractivity contribution in [3.8, 4) is 17.1 Å². The van der Waals surface area contributed by atoms with Crippen LogP contribution >= 0.6 is 11.6 Å². The first-order valence-electron chi connectivity index (χ1n) is 11.1. The Morgan fingerprint density at radius 1 is 0.970 bits per heavy atom. The van der Waals surface area contributed by atoms with Crippen molar-refractivity contribution in [3.05, 3.63) is 94.8 Å². The highest BCUT2D eigenvalue weighted by molar-refractivity contribution is 6.30. The van der Waals surface area contributed by atoms with E-state index in [1.165, 1.54) is 5.56 Å². The van der Waals surface area contributed by atoms with Crippen LogP contribution in [0.3, 0.4) is 0 Å². The molecule has 2 aromatic heterocycles. The summed E-state index contributed by atoms with van der Waals surface area (Å²) in [5.74, 6) is 1.61. The van der Waals surface area contributed by atoms with Gasteiger partial charge in [-0.25, -0.2) is 4.68 Å². The van der Waals surface area contributed by atoms with E-state index in [1.807, 2.05) is 78.6 Å². The quantitative estimate of drug-likeness (QED) is 0.370. The van der Waals surface area contributed by atoms with Crippen LogP contribution in [0.15, 0.2) is 82.4 Å². The van der Waals surface area contributed by atoms with Crippen molar-refractivity contribution in [1.29, 1.82) is 0 Å². The molecule has 33 heavy (non-hydrogen) atoms. The molecule has 1 aliphatic rings. The summed E-state index contributed by atoms with van der Waals surface area (Å²) in [7, 11) is 0. The molecule has 2 aromatic carbocycles. The second-order valence-corrected chi connectivity index (χ2v) is 8.66. The predicted octanol–water partition coefficient (Wildman–Crippen LogP) is 5.25. The van der Waals surface area contributed by atoms with E-state index >= 15 is 0 Å². The number of nitrogens with zero attached hydrogens (tertiary/aromatic N) is 5. The lowest BCUT2D eigenvalue weighted by molar-refractivity contribution is 0.131. The third kappa shape index (κ3) is 5.18. The van der Waals surface area contributed by atoms with Crippen LogP contribution in [-0.2, 0) is 6.54 Å². The molecule has 1 aliphatic heterocycles. The smallest absolute Gasteiger partial charge is 0.155 e. The largest absolute Gasteiger partial charge is 0.460 e. The summed E-state index contributed by atoms with van der Waals surface area (Å²) in [6.45, 7) is 6.56. The van der Waals surface area contributed by atoms with Crippen LogP contribution in [-0.4, -0.2) is 52.1 Å². The molecule has 7 heteroatoms.